The van der Waals surface area contributed by atoms with E-state index in [4.69, 9.17) is 4.74 Å². The fraction of sp³-hybridized carbons (Fsp3) is 0.611. The van der Waals surface area contributed by atoms with Crippen LogP contribution in [0.25, 0.3) is 0 Å². The van der Waals surface area contributed by atoms with Crippen LogP contribution in [0.4, 0.5) is 9.59 Å². The molecule has 3 amide bonds. The van der Waals surface area contributed by atoms with Gasteiger partial charge in [0.15, 0.2) is 0 Å². The molecule has 1 aliphatic rings. The van der Waals surface area contributed by atoms with E-state index in [0.717, 1.165) is 18.5 Å². The number of carbonyl (C=O) groups excluding carboxylic acids is 2. The Bertz CT molecular complexity index is 586. The Kier molecular flexibility index (Phi) is 6.22. The zero-order valence-electron chi connectivity index (χ0n) is 15.4. The van der Waals surface area contributed by atoms with Crippen molar-refractivity contribution in [1.82, 2.24) is 20.5 Å². The molecule has 2 heterocycles. The summed E-state index contributed by atoms with van der Waals surface area (Å²) in [5, 5.41) is 5.81. The van der Waals surface area contributed by atoms with Crippen molar-refractivity contribution in [3.63, 3.8) is 0 Å². The number of hydrogen-bond acceptors (Lipinski definition) is 4. The van der Waals surface area contributed by atoms with Crippen LogP contribution in [0.3, 0.4) is 0 Å². The number of piperidine rings is 1. The van der Waals surface area contributed by atoms with Crippen LogP contribution in [0.1, 0.15) is 52.3 Å². The minimum atomic E-state index is -0.534. The zero-order valence-corrected chi connectivity index (χ0v) is 15.4. The number of likely N-dealkylation sites (tertiary alicyclic amines) is 1. The molecule has 1 aromatic heterocycles. The molecule has 2 N–H and O–H groups in total. The smallest absolute Gasteiger partial charge is 0.407 e. The van der Waals surface area contributed by atoms with E-state index in [1.54, 1.807) is 11.1 Å². The topological polar surface area (TPSA) is 83.6 Å². The lowest BCUT2D eigenvalue weighted by atomic mass is 10.1. The molecule has 1 saturated heterocycles. The Morgan fingerprint density at radius 3 is 2.76 bits per heavy atom. The number of hydrogen-bond donors (Lipinski definition) is 2. The molecule has 0 aromatic carbocycles. The van der Waals surface area contributed by atoms with Crippen LogP contribution >= 0.6 is 0 Å². The summed E-state index contributed by atoms with van der Waals surface area (Å²) >= 11 is 0. The average molecular weight is 348 g/mol. The monoisotopic (exact) mass is 348 g/mol. The van der Waals surface area contributed by atoms with Crippen LogP contribution in [-0.2, 0) is 4.74 Å². The van der Waals surface area contributed by atoms with Crippen LogP contribution in [0.2, 0.25) is 0 Å². The maximum atomic E-state index is 12.5. The first-order valence-corrected chi connectivity index (χ1v) is 8.70. The Balaban J connectivity index is 1.85. The number of rotatable bonds is 3. The van der Waals surface area contributed by atoms with E-state index in [1.807, 2.05) is 45.9 Å². The molecule has 1 aromatic rings. The summed E-state index contributed by atoms with van der Waals surface area (Å²) in [6.45, 7) is 8.53. The summed E-state index contributed by atoms with van der Waals surface area (Å²) in [5.74, 6) is 0. The third-order valence-electron chi connectivity index (χ3n) is 3.90. The van der Waals surface area contributed by atoms with Crippen molar-refractivity contribution in [2.75, 3.05) is 13.1 Å². The van der Waals surface area contributed by atoms with Gasteiger partial charge in [-0.1, -0.05) is 6.07 Å². The molecule has 0 unspecified atom stereocenters. The molecule has 0 bridgehead atoms. The van der Waals surface area contributed by atoms with Gasteiger partial charge < -0.3 is 20.3 Å². The summed E-state index contributed by atoms with van der Waals surface area (Å²) < 4.78 is 5.28. The van der Waals surface area contributed by atoms with Gasteiger partial charge >= 0.3 is 12.1 Å². The van der Waals surface area contributed by atoms with E-state index in [9.17, 15) is 9.59 Å². The molecule has 7 heteroatoms. The van der Waals surface area contributed by atoms with Gasteiger partial charge in [0.05, 0.1) is 11.7 Å². The van der Waals surface area contributed by atoms with Gasteiger partial charge in [-0.15, -0.1) is 0 Å². The van der Waals surface area contributed by atoms with Crippen LogP contribution in [0.15, 0.2) is 24.4 Å². The first kappa shape index (κ1) is 19.0. The molecule has 0 spiro atoms. The van der Waals surface area contributed by atoms with E-state index in [-0.39, 0.29) is 18.1 Å². The average Bonchev–Trinajstić information content (AvgIpc) is 2.54. The number of alkyl carbamates (subject to hydrolysis) is 1. The molecule has 0 saturated carbocycles. The van der Waals surface area contributed by atoms with Crippen molar-refractivity contribution < 1.29 is 14.3 Å². The lowest BCUT2D eigenvalue weighted by molar-refractivity contribution is 0.0479. The van der Waals surface area contributed by atoms with E-state index in [1.165, 1.54) is 0 Å². The number of pyridine rings is 1. The van der Waals surface area contributed by atoms with Crippen molar-refractivity contribution in [3.05, 3.63) is 30.1 Å². The predicted molar refractivity (Wildman–Crippen MR) is 95.1 cm³/mol. The van der Waals surface area contributed by atoms with Crippen molar-refractivity contribution >= 4 is 12.1 Å². The van der Waals surface area contributed by atoms with Gasteiger partial charge in [0.25, 0.3) is 0 Å². The van der Waals surface area contributed by atoms with E-state index >= 15 is 0 Å². The summed E-state index contributed by atoms with van der Waals surface area (Å²) in [7, 11) is 0. The van der Waals surface area contributed by atoms with E-state index in [0.29, 0.717) is 13.1 Å². The van der Waals surface area contributed by atoms with Gasteiger partial charge in [-0.3, -0.25) is 4.98 Å². The Hall–Kier alpha value is -2.31. The first-order valence-electron chi connectivity index (χ1n) is 8.70. The first-order chi connectivity index (χ1) is 11.7. The van der Waals surface area contributed by atoms with Crippen molar-refractivity contribution in [1.29, 1.82) is 0 Å². The summed E-state index contributed by atoms with van der Waals surface area (Å²) in [4.78, 5) is 30.4. The third-order valence-corrected chi connectivity index (χ3v) is 3.90. The highest BCUT2D eigenvalue weighted by Crippen LogP contribution is 2.14. The zero-order chi connectivity index (χ0) is 18.4. The molecule has 138 valence electrons. The number of ether oxygens (including phenoxy) is 1. The molecule has 7 nitrogen and oxygen atoms in total. The molecule has 2 atom stereocenters. The summed E-state index contributed by atoms with van der Waals surface area (Å²) in [6.07, 6.45) is 2.94. The second-order valence-corrected chi connectivity index (χ2v) is 7.36. The normalized spacial score (nSPS) is 19.0. The lowest BCUT2D eigenvalue weighted by Crippen LogP contribution is -2.53. The van der Waals surface area contributed by atoms with Crippen LogP contribution in [0, 0.1) is 0 Å². The van der Waals surface area contributed by atoms with Gasteiger partial charge in [0.2, 0.25) is 0 Å². The van der Waals surface area contributed by atoms with Crippen molar-refractivity contribution in [2.24, 2.45) is 0 Å². The van der Waals surface area contributed by atoms with Crippen molar-refractivity contribution in [2.45, 2.75) is 58.2 Å². The highest BCUT2D eigenvalue weighted by molar-refractivity contribution is 5.75. The fourth-order valence-corrected chi connectivity index (χ4v) is 2.74. The lowest BCUT2D eigenvalue weighted by Gasteiger charge is -2.34. The molecular formula is C18H28N4O3. The maximum absolute atomic E-state index is 12.5. The van der Waals surface area contributed by atoms with Crippen LogP contribution in [-0.4, -0.2) is 46.7 Å². The number of nitrogens with one attached hydrogen (secondary N) is 2. The third kappa shape index (κ3) is 6.25. The highest BCUT2D eigenvalue weighted by atomic mass is 16.6. The number of nitrogens with zero attached hydrogens (tertiary/aromatic N) is 2. The Morgan fingerprint density at radius 2 is 2.12 bits per heavy atom. The number of amides is 3. The van der Waals surface area contributed by atoms with Gasteiger partial charge in [-0.2, -0.15) is 0 Å². The second-order valence-electron chi connectivity index (χ2n) is 7.36. The minimum absolute atomic E-state index is 0.0977. The van der Waals surface area contributed by atoms with E-state index < -0.39 is 11.7 Å². The summed E-state index contributed by atoms with van der Waals surface area (Å²) in [6, 6.07) is 5.21. The fourth-order valence-electron chi connectivity index (χ4n) is 2.74. The van der Waals surface area contributed by atoms with E-state index in [2.05, 4.69) is 15.6 Å². The van der Waals surface area contributed by atoms with Gasteiger partial charge in [-0.05, 0) is 52.7 Å². The maximum Gasteiger partial charge on any atom is 0.407 e. The molecular weight excluding hydrogens is 320 g/mol. The molecule has 2 rings (SSSR count). The van der Waals surface area contributed by atoms with Crippen molar-refractivity contribution in [3.8, 4) is 0 Å². The van der Waals surface area contributed by atoms with Crippen LogP contribution in [0.5, 0.6) is 0 Å². The highest BCUT2D eigenvalue weighted by Gasteiger charge is 2.27. The van der Waals surface area contributed by atoms with Crippen LogP contribution < -0.4 is 10.6 Å². The summed E-state index contributed by atoms with van der Waals surface area (Å²) in [5.41, 5.74) is 0.282. The SMILES string of the molecule is C[C@@H](NC(=O)N1CCC[C@@H](NC(=O)OC(C)(C)C)C1)c1ccccn1. The van der Waals surface area contributed by atoms with Gasteiger partial charge in [0, 0.05) is 25.3 Å². The molecule has 1 fully saturated rings. The number of aromatic nitrogens is 1. The number of carbonyl (C=O) groups is 2. The molecule has 25 heavy (non-hydrogen) atoms. The molecule has 0 aliphatic carbocycles. The quantitative estimate of drug-likeness (QED) is 0.880. The van der Waals surface area contributed by atoms with Gasteiger partial charge in [-0.25, -0.2) is 9.59 Å². The molecule has 1 aliphatic heterocycles. The standard InChI is InChI=1S/C18H28N4O3/c1-13(15-9-5-6-10-19-15)20-16(23)22-11-7-8-14(12-22)21-17(24)25-18(2,3)4/h5-6,9-10,13-14H,7-8,11-12H2,1-4H3,(H,20,23)(H,21,24)/t13-,14-/m1/s1. The predicted octanol–water partition coefficient (Wildman–Crippen LogP) is 2.84. The molecule has 0 radical (unpaired) electrons. The largest absolute Gasteiger partial charge is 0.444 e. The minimum Gasteiger partial charge on any atom is -0.444 e. The Morgan fingerprint density at radius 1 is 1.36 bits per heavy atom. The number of urea groups is 1. The second kappa shape index (κ2) is 8.18. The van der Waals surface area contributed by atoms with Gasteiger partial charge in [0.1, 0.15) is 5.60 Å². The Labute approximate surface area is 149 Å².